The van der Waals surface area contributed by atoms with Crippen LogP contribution in [0.5, 0.6) is 0 Å². The van der Waals surface area contributed by atoms with E-state index in [9.17, 15) is 0 Å². The van der Waals surface area contributed by atoms with E-state index in [0.29, 0.717) is 4.58 Å². The van der Waals surface area contributed by atoms with Gasteiger partial charge in [-0.25, -0.2) is 0 Å². The highest BCUT2D eigenvalue weighted by atomic mass is 32.2. The molecule has 0 spiro atoms. The van der Waals surface area contributed by atoms with Gasteiger partial charge < -0.3 is 5.11 Å². The predicted molar refractivity (Wildman–Crippen MR) is 40.5 cm³/mol. The third-order valence-corrected chi connectivity index (χ3v) is 2.94. The summed E-state index contributed by atoms with van der Waals surface area (Å²) in [5, 5.41) is 9.02. The van der Waals surface area contributed by atoms with Crippen molar-refractivity contribution in [3.63, 3.8) is 0 Å². The number of hydrogen-bond acceptors (Lipinski definition) is 3. The Morgan fingerprint density at radius 2 is 2.38 bits per heavy atom. The molecule has 8 heavy (non-hydrogen) atoms. The molecule has 1 fully saturated rings. The van der Waals surface area contributed by atoms with E-state index < -0.39 is 0 Å². The lowest BCUT2D eigenvalue weighted by Gasteiger charge is -2.20. The molecular formula is C5H10OS2. The van der Waals surface area contributed by atoms with Crippen molar-refractivity contribution in [2.45, 2.75) is 23.5 Å². The van der Waals surface area contributed by atoms with Gasteiger partial charge in [0.2, 0.25) is 0 Å². The number of rotatable bonds is 0. The second-order valence-corrected chi connectivity index (χ2v) is 4.29. The maximum atomic E-state index is 9.02. The van der Waals surface area contributed by atoms with Crippen LogP contribution in [0.1, 0.15) is 12.8 Å². The standard InChI is InChI=1S/C5H10OS2/c6-4-1-2-8-5(7)3-4/h4-7H,1-3H2. The van der Waals surface area contributed by atoms with Crippen molar-refractivity contribution in [2.24, 2.45) is 0 Å². The van der Waals surface area contributed by atoms with E-state index in [1.165, 1.54) is 0 Å². The Balaban J connectivity index is 2.23. The Morgan fingerprint density at radius 3 is 2.75 bits per heavy atom. The van der Waals surface area contributed by atoms with Gasteiger partial charge in [0.1, 0.15) is 0 Å². The lowest BCUT2D eigenvalue weighted by molar-refractivity contribution is 0.163. The Labute approximate surface area is 59.3 Å². The quantitative estimate of drug-likeness (QED) is 0.505. The summed E-state index contributed by atoms with van der Waals surface area (Å²) in [6.45, 7) is 0. The molecule has 1 N–H and O–H groups in total. The molecule has 1 rings (SSSR count). The molecular weight excluding hydrogens is 140 g/mol. The van der Waals surface area contributed by atoms with E-state index >= 15 is 0 Å². The fraction of sp³-hybridized carbons (Fsp3) is 1.00. The molecule has 2 unspecified atom stereocenters. The molecule has 1 aliphatic rings. The number of aliphatic hydroxyl groups is 1. The largest absolute Gasteiger partial charge is 0.393 e. The van der Waals surface area contributed by atoms with Crippen LogP contribution in [0.4, 0.5) is 0 Å². The second kappa shape index (κ2) is 2.99. The first-order chi connectivity index (χ1) is 3.79. The van der Waals surface area contributed by atoms with Crippen molar-refractivity contribution >= 4 is 24.4 Å². The maximum absolute atomic E-state index is 9.02. The fourth-order valence-electron chi connectivity index (χ4n) is 0.759. The average molecular weight is 150 g/mol. The van der Waals surface area contributed by atoms with Crippen molar-refractivity contribution in [3.8, 4) is 0 Å². The summed E-state index contributed by atoms with van der Waals surface area (Å²) in [5.41, 5.74) is 0. The molecule has 0 bridgehead atoms. The molecule has 1 saturated heterocycles. The highest BCUT2D eigenvalue weighted by Crippen LogP contribution is 2.27. The first-order valence-corrected chi connectivity index (χ1v) is 4.33. The Kier molecular flexibility index (Phi) is 2.53. The summed E-state index contributed by atoms with van der Waals surface area (Å²) >= 11 is 6.05. The van der Waals surface area contributed by atoms with Crippen LogP contribution in [-0.2, 0) is 0 Å². The monoisotopic (exact) mass is 150 g/mol. The molecule has 0 saturated carbocycles. The van der Waals surface area contributed by atoms with Crippen LogP contribution in [0.15, 0.2) is 0 Å². The normalized spacial score (nSPS) is 39.8. The minimum absolute atomic E-state index is 0.0845. The van der Waals surface area contributed by atoms with Crippen molar-refractivity contribution in [1.29, 1.82) is 0 Å². The number of hydrogen-bond donors (Lipinski definition) is 2. The first-order valence-electron chi connectivity index (χ1n) is 2.77. The van der Waals surface area contributed by atoms with Crippen LogP contribution in [-0.4, -0.2) is 21.5 Å². The summed E-state index contributed by atoms with van der Waals surface area (Å²) in [4.78, 5) is 0. The van der Waals surface area contributed by atoms with Gasteiger partial charge in [-0.15, -0.1) is 11.8 Å². The molecule has 2 atom stereocenters. The molecule has 0 aromatic rings. The molecule has 0 radical (unpaired) electrons. The van der Waals surface area contributed by atoms with Gasteiger partial charge in [-0.2, -0.15) is 12.6 Å². The minimum Gasteiger partial charge on any atom is -0.393 e. The van der Waals surface area contributed by atoms with E-state index in [2.05, 4.69) is 12.6 Å². The summed E-state index contributed by atoms with van der Waals surface area (Å²) in [5.74, 6) is 1.06. The van der Waals surface area contributed by atoms with Crippen LogP contribution in [0.25, 0.3) is 0 Å². The van der Waals surface area contributed by atoms with E-state index in [4.69, 9.17) is 5.11 Å². The van der Waals surface area contributed by atoms with Crippen molar-refractivity contribution < 1.29 is 5.11 Å². The predicted octanol–water partition coefficient (Wildman–Crippen LogP) is 1.13. The van der Waals surface area contributed by atoms with Gasteiger partial charge in [0.25, 0.3) is 0 Å². The number of aliphatic hydroxyl groups excluding tert-OH is 1. The van der Waals surface area contributed by atoms with Crippen LogP contribution in [0, 0.1) is 0 Å². The van der Waals surface area contributed by atoms with Crippen LogP contribution in [0.2, 0.25) is 0 Å². The molecule has 1 heterocycles. The molecule has 3 heteroatoms. The highest BCUT2D eigenvalue weighted by molar-refractivity contribution is 8.10. The third kappa shape index (κ3) is 1.88. The van der Waals surface area contributed by atoms with E-state index in [1.807, 2.05) is 11.8 Å². The van der Waals surface area contributed by atoms with Gasteiger partial charge in [-0.1, -0.05) is 0 Å². The Bertz CT molecular complexity index is 68.8. The second-order valence-electron chi connectivity index (χ2n) is 2.00. The van der Waals surface area contributed by atoms with Gasteiger partial charge in [-0.05, 0) is 18.6 Å². The number of thioether (sulfide) groups is 1. The molecule has 0 amide bonds. The van der Waals surface area contributed by atoms with E-state index in [1.54, 1.807) is 0 Å². The van der Waals surface area contributed by atoms with E-state index in [0.717, 1.165) is 18.6 Å². The van der Waals surface area contributed by atoms with E-state index in [-0.39, 0.29) is 6.10 Å². The van der Waals surface area contributed by atoms with Gasteiger partial charge >= 0.3 is 0 Å². The lowest BCUT2D eigenvalue weighted by atomic mass is 10.2. The van der Waals surface area contributed by atoms with Crippen molar-refractivity contribution in [3.05, 3.63) is 0 Å². The highest BCUT2D eigenvalue weighted by Gasteiger charge is 2.16. The molecule has 48 valence electrons. The Morgan fingerprint density at radius 1 is 1.62 bits per heavy atom. The summed E-state index contributed by atoms with van der Waals surface area (Å²) in [7, 11) is 0. The summed E-state index contributed by atoms with van der Waals surface area (Å²) in [6, 6.07) is 0. The van der Waals surface area contributed by atoms with Gasteiger partial charge in [0, 0.05) is 4.58 Å². The third-order valence-electron chi connectivity index (χ3n) is 1.24. The first kappa shape index (κ1) is 6.78. The molecule has 1 nitrogen and oxygen atoms in total. The van der Waals surface area contributed by atoms with Crippen molar-refractivity contribution in [1.82, 2.24) is 0 Å². The minimum atomic E-state index is -0.0845. The van der Waals surface area contributed by atoms with Crippen LogP contribution in [0.3, 0.4) is 0 Å². The fourth-order valence-corrected chi connectivity index (χ4v) is 2.36. The number of thiol groups is 1. The smallest absolute Gasteiger partial charge is 0.0566 e. The zero-order chi connectivity index (χ0) is 5.98. The van der Waals surface area contributed by atoms with Gasteiger partial charge in [-0.3, -0.25) is 0 Å². The molecule has 0 aromatic carbocycles. The van der Waals surface area contributed by atoms with Crippen LogP contribution < -0.4 is 0 Å². The zero-order valence-corrected chi connectivity index (χ0v) is 6.29. The lowest BCUT2D eigenvalue weighted by Crippen LogP contribution is -2.18. The maximum Gasteiger partial charge on any atom is 0.0566 e. The van der Waals surface area contributed by atoms with Gasteiger partial charge in [0.05, 0.1) is 6.10 Å². The zero-order valence-electron chi connectivity index (χ0n) is 4.58. The van der Waals surface area contributed by atoms with Gasteiger partial charge in [0.15, 0.2) is 0 Å². The topological polar surface area (TPSA) is 20.2 Å². The van der Waals surface area contributed by atoms with Crippen LogP contribution >= 0.6 is 24.4 Å². The Hall–Kier alpha value is 0.660. The van der Waals surface area contributed by atoms with Crippen molar-refractivity contribution in [2.75, 3.05) is 5.75 Å². The average Bonchev–Trinajstić information content (AvgIpc) is 1.64. The summed E-state index contributed by atoms with van der Waals surface area (Å²) < 4.78 is 0.374. The SMILES string of the molecule is OC1CCSC(S)C1. The summed E-state index contributed by atoms with van der Waals surface area (Å²) in [6.07, 6.45) is 1.72. The molecule has 0 aromatic heterocycles. The molecule has 0 aliphatic carbocycles. The molecule has 1 aliphatic heterocycles.